The van der Waals surface area contributed by atoms with Gasteiger partial charge >= 0.3 is 0 Å². The third kappa shape index (κ3) is 4.84. The van der Waals surface area contributed by atoms with Crippen molar-refractivity contribution in [3.8, 4) is 22.2 Å². The molecule has 4 aromatic rings. The van der Waals surface area contributed by atoms with Gasteiger partial charge in [-0.1, -0.05) is 24.3 Å². The molecule has 0 aromatic carbocycles. The van der Waals surface area contributed by atoms with Crippen LogP contribution in [0.4, 0.5) is 11.6 Å². The SMILES string of the molecule is CCc1nc(-c2cccc(C)n2)c(Oc2ccnc(Nc3ccc(C(N)=O)cn3)c2)s1. The van der Waals surface area contributed by atoms with E-state index in [2.05, 4.69) is 27.2 Å². The molecular formula is C22H20N6O2S. The predicted molar refractivity (Wildman–Crippen MR) is 120 cm³/mol. The van der Waals surface area contributed by atoms with Crippen LogP contribution in [0.3, 0.4) is 0 Å². The lowest BCUT2D eigenvalue weighted by atomic mass is 10.2. The minimum absolute atomic E-state index is 0.338. The van der Waals surface area contributed by atoms with E-state index in [1.807, 2.05) is 25.1 Å². The number of carbonyl (C=O) groups is 1. The highest BCUT2D eigenvalue weighted by Crippen LogP contribution is 2.38. The van der Waals surface area contributed by atoms with Crippen LogP contribution in [-0.4, -0.2) is 25.8 Å². The number of nitrogens with two attached hydrogens (primary N) is 1. The Balaban J connectivity index is 1.58. The van der Waals surface area contributed by atoms with Crippen molar-refractivity contribution in [1.29, 1.82) is 0 Å². The van der Waals surface area contributed by atoms with Gasteiger partial charge in [0.1, 0.15) is 23.1 Å². The van der Waals surface area contributed by atoms with Crippen molar-refractivity contribution in [2.75, 3.05) is 5.32 Å². The number of hydrogen-bond acceptors (Lipinski definition) is 8. The van der Waals surface area contributed by atoms with Crippen LogP contribution >= 0.6 is 11.3 Å². The average Bonchev–Trinajstić information content (AvgIpc) is 3.17. The molecule has 0 fully saturated rings. The summed E-state index contributed by atoms with van der Waals surface area (Å²) in [5.74, 6) is 1.16. The van der Waals surface area contributed by atoms with Crippen molar-refractivity contribution in [2.45, 2.75) is 20.3 Å². The van der Waals surface area contributed by atoms with Crippen molar-refractivity contribution in [3.63, 3.8) is 0 Å². The summed E-state index contributed by atoms with van der Waals surface area (Å²) in [4.78, 5) is 28.9. The number of nitrogens with zero attached hydrogens (tertiary/aromatic N) is 4. The van der Waals surface area contributed by atoms with E-state index in [-0.39, 0.29) is 0 Å². The molecule has 0 radical (unpaired) electrons. The number of amides is 1. The number of nitrogens with one attached hydrogen (secondary N) is 1. The number of primary amides is 1. The van der Waals surface area contributed by atoms with E-state index in [0.717, 1.165) is 28.5 Å². The highest BCUT2D eigenvalue weighted by molar-refractivity contribution is 7.14. The van der Waals surface area contributed by atoms with Crippen LogP contribution in [0, 0.1) is 6.92 Å². The number of ether oxygens (including phenoxy) is 1. The zero-order valence-electron chi connectivity index (χ0n) is 17.0. The molecule has 4 rings (SSSR count). The van der Waals surface area contributed by atoms with Crippen LogP contribution in [0.25, 0.3) is 11.4 Å². The van der Waals surface area contributed by atoms with Crippen LogP contribution in [0.15, 0.2) is 54.9 Å². The Kier molecular flexibility index (Phi) is 5.85. The second-order valence-electron chi connectivity index (χ2n) is 6.66. The van der Waals surface area contributed by atoms with E-state index in [9.17, 15) is 4.79 Å². The Morgan fingerprint density at radius 2 is 2.00 bits per heavy atom. The molecule has 8 nitrogen and oxygen atoms in total. The van der Waals surface area contributed by atoms with Crippen molar-refractivity contribution >= 4 is 28.9 Å². The van der Waals surface area contributed by atoms with Crippen molar-refractivity contribution in [2.24, 2.45) is 5.73 Å². The van der Waals surface area contributed by atoms with E-state index >= 15 is 0 Å². The van der Waals surface area contributed by atoms with Gasteiger partial charge in [0, 0.05) is 24.2 Å². The molecule has 0 saturated carbocycles. The normalized spacial score (nSPS) is 10.6. The molecule has 156 valence electrons. The molecule has 0 aliphatic carbocycles. The molecule has 0 spiro atoms. The third-order valence-corrected chi connectivity index (χ3v) is 5.40. The van der Waals surface area contributed by atoms with Crippen molar-refractivity contribution in [1.82, 2.24) is 19.9 Å². The molecular weight excluding hydrogens is 412 g/mol. The third-order valence-electron chi connectivity index (χ3n) is 4.32. The lowest BCUT2D eigenvalue weighted by molar-refractivity contribution is 0.1000. The maximum Gasteiger partial charge on any atom is 0.250 e. The first-order chi connectivity index (χ1) is 15.0. The van der Waals surface area contributed by atoms with E-state index in [4.69, 9.17) is 15.5 Å². The van der Waals surface area contributed by atoms with Crippen LogP contribution in [0.2, 0.25) is 0 Å². The first-order valence-corrected chi connectivity index (χ1v) is 10.4. The molecule has 0 atom stereocenters. The first-order valence-electron chi connectivity index (χ1n) is 9.62. The summed E-state index contributed by atoms with van der Waals surface area (Å²) in [7, 11) is 0. The fourth-order valence-electron chi connectivity index (χ4n) is 2.80. The standard InChI is InChI=1S/C22H20N6O2S/c1-3-19-28-20(16-6-4-5-13(2)26-16)22(31-19)30-15-9-10-24-18(11-15)27-17-8-7-14(12-25-17)21(23)29/h4-12H,3H2,1-2H3,(H2,23,29)(H,24,25,27). The van der Waals surface area contributed by atoms with Crippen LogP contribution in [-0.2, 0) is 6.42 Å². The number of aromatic nitrogens is 4. The Labute approximate surface area is 183 Å². The molecule has 0 aliphatic rings. The lowest BCUT2D eigenvalue weighted by Gasteiger charge is -2.08. The predicted octanol–water partition coefficient (Wildman–Crippen LogP) is 4.50. The van der Waals surface area contributed by atoms with Gasteiger partial charge in [-0.25, -0.2) is 15.0 Å². The summed E-state index contributed by atoms with van der Waals surface area (Å²) in [5.41, 5.74) is 8.00. The molecule has 4 aromatic heterocycles. The number of aryl methyl sites for hydroxylation is 2. The van der Waals surface area contributed by atoms with E-state index in [1.165, 1.54) is 17.5 Å². The van der Waals surface area contributed by atoms with Crippen molar-refractivity contribution in [3.05, 3.63) is 71.1 Å². The molecule has 3 N–H and O–H groups in total. The van der Waals surface area contributed by atoms with Crippen LogP contribution < -0.4 is 15.8 Å². The summed E-state index contributed by atoms with van der Waals surface area (Å²) in [5, 5.41) is 4.74. The zero-order valence-corrected chi connectivity index (χ0v) is 17.8. The summed E-state index contributed by atoms with van der Waals surface area (Å²) < 4.78 is 6.17. The summed E-state index contributed by atoms with van der Waals surface area (Å²) >= 11 is 1.50. The number of anilines is 2. The van der Waals surface area contributed by atoms with Gasteiger partial charge in [-0.15, -0.1) is 0 Å². The minimum atomic E-state index is -0.525. The number of rotatable bonds is 7. The monoisotopic (exact) mass is 432 g/mol. The van der Waals surface area contributed by atoms with Crippen molar-refractivity contribution < 1.29 is 9.53 Å². The minimum Gasteiger partial charge on any atom is -0.444 e. The molecule has 0 unspecified atom stereocenters. The highest BCUT2D eigenvalue weighted by Gasteiger charge is 2.16. The van der Waals surface area contributed by atoms with E-state index in [0.29, 0.717) is 28.0 Å². The molecule has 31 heavy (non-hydrogen) atoms. The topological polar surface area (TPSA) is 116 Å². The summed E-state index contributed by atoms with van der Waals surface area (Å²) in [6.07, 6.45) is 3.86. The second kappa shape index (κ2) is 8.88. The second-order valence-corrected chi connectivity index (χ2v) is 7.71. The fourth-order valence-corrected chi connectivity index (χ4v) is 3.68. The first kappa shape index (κ1) is 20.4. The fraction of sp³-hybridized carbons (Fsp3) is 0.136. The van der Waals surface area contributed by atoms with Crippen LogP contribution in [0.1, 0.15) is 28.0 Å². The van der Waals surface area contributed by atoms with Gasteiger partial charge in [-0.3, -0.25) is 9.78 Å². The van der Waals surface area contributed by atoms with Gasteiger partial charge in [0.2, 0.25) is 11.0 Å². The molecule has 1 amide bonds. The summed E-state index contributed by atoms with van der Waals surface area (Å²) in [6, 6.07) is 12.6. The molecule has 0 bridgehead atoms. The highest BCUT2D eigenvalue weighted by atomic mass is 32.1. The zero-order chi connectivity index (χ0) is 21.8. The molecule has 4 heterocycles. The Hall–Kier alpha value is -3.85. The maximum atomic E-state index is 11.2. The van der Waals surface area contributed by atoms with E-state index < -0.39 is 5.91 Å². The largest absolute Gasteiger partial charge is 0.444 e. The van der Waals surface area contributed by atoms with Gasteiger partial charge in [0.05, 0.1) is 16.3 Å². The molecule has 0 aliphatic heterocycles. The Morgan fingerprint density at radius 3 is 2.71 bits per heavy atom. The number of thiazole rings is 1. The van der Waals surface area contributed by atoms with Gasteiger partial charge in [-0.05, 0) is 43.7 Å². The summed E-state index contributed by atoms with van der Waals surface area (Å²) in [6.45, 7) is 4.00. The van der Waals surface area contributed by atoms with Gasteiger partial charge < -0.3 is 15.8 Å². The number of hydrogen-bond donors (Lipinski definition) is 2. The van der Waals surface area contributed by atoms with Gasteiger partial charge in [0.15, 0.2) is 0 Å². The average molecular weight is 433 g/mol. The smallest absolute Gasteiger partial charge is 0.250 e. The Morgan fingerprint density at radius 1 is 1.13 bits per heavy atom. The molecule has 0 saturated heterocycles. The van der Waals surface area contributed by atoms with Gasteiger partial charge in [-0.2, -0.15) is 0 Å². The molecule has 9 heteroatoms. The van der Waals surface area contributed by atoms with Crippen LogP contribution in [0.5, 0.6) is 10.8 Å². The quantitative estimate of drug-likeness (QED) is 0.442. The van der Waals surface area contributed by atoms with Gasteiger partial charge in [0.25, 0.3) is 0 Å². The number of pyridine rings is 3. The number of carbonyl (C=O) groups excluding carboxylic acids is 1. The lowest BCUT2D eigenvalue weighted by Crippen LogP contribution is -2.11. The Bertz CT molecular complexity index is 1220. The van der Waals surface area contributed by atoms with E-state index in [1.54, 1.807) is 30.5 Å². The maximum absolute atomic E-state index is 11.2.